The molecule has 3 rings (SSSR count). The van der Waals surface area contributed by atoms with Gasteiger partial charge in [-0.15, -0.1) is 11.3 Å². The first-order chi connectivity index (χ1) is 12.8. The molecule has 7 nitrogen and oxygen atoms in total. The van der Waals surface area contributed by atoms with Gasteiger partial charge in [-0.25, -0.2) is 4.79 Å². The lowest BCUT2D eigenvalue weighted by Crippen LogP contribution is -2.22. The molecule has 8 heteroatoms. The number of aromatic nitrogens is 3. The summed E-state index contributed by atoms with van der Waals surface area (Å²) >= 11 is 1.52. The highest BCUT2D eigenvalue weighted by atomic mass is 32.1. The van der Waals surface area contributed by atoms with Crippen LogP contribution in [0.3, 0.4) is 0 Å². The molecule has 3 aromatic rings. The van der Waals surface area contributed by atoms with Crippen LogP contribution in [-0.4, -0.2) is 32.8 Å². The molecule has 0 spiro atoms. The number of carbonyl (C=O) groups excluding carboxylic acids is 2. The van der Waals surface area contributed by atoms with Crippen molar-refractivity contribution in [3.63, 3.8) is 0 Å². The second-order valence-corrected chi connectivity index (χ2v) is 7.55. The van der Waals surface area contributed by atoms with E-state index in [-0.39, 0.29) is 6.61 Å². The van der Waals surface area contributed by atoms with Gasteiger partial charge < -0.3 is 14.6 Å². The van der Waals surface area contributed by atoms with Crippen molar-refractivity contribution in [2.24, 2.45) is 7.05 Å². The molecule has 0 bridgehead atoms. The molecule has 0 saturated carbocycles. The molecule has 3 aromatic heterocycles. The molecule has 0 aliphatic heterocycles. The number of nitrogens with zero attached hydrogens (tertiary/aromatic N) is 3. The van der Waals surface area contributed by atoms with Crippen LogP contribution in [0.2, 0.25) is 0 Å². The fraction of sp³-hybridized carbons (Fsp3) is 0.316. The first-order valence-corrected chi connectivity index (χ1v) is 9.31. The van der Waals surface area contributed by atoms with E-state index in [1.54, 1.807) is 4.68 Å². The number of carbonyl (C=O) groups is 2. The summed E-state index contributed by atoms with van der Waals surface area (Å²) in [5.74, 6) is -0.898. The van der Waals surface area contributed by atoms with Gasteiger partial charge in [0.25, 0.3) is 5.91 Å². The highest BCUT2D eigenvalue weighted by Crippen LogP contribution is 2.31. The Bertz CT molecular complexity index is 999. The summed E-state index contributed by atoms with van der Waals surface area (Å²) in [5.41, 5.74) is 3.57. The number of hydrogen-bond acceptors (Lipinski definition) is 5. The Morgan fingerprint density at radius 3 is 2.44 bits per heavy atom. The Kier molecular flexibility index (Phi) is 5.18. The van der Waals surface area contributed by atoms with Crippen LogP contribution in [-0.2, 0) is 16.6 Å². The molecule has 0 aliphatic carbocycles. The molecular weight excluding hydrogens is 364 g/mol. The standard InChI is InChI=1S/C19H22N4O3S/c1-11-14(4)27-18(23-8-6-7-9-23)16(11)19(25)26-10-15(24)20-17-12(2)21-22(5)13(17)3/h6-9H,10H2,1-5H3,(H,20,24). The maximum atomic E-state index is 12.7. The maximum Gasteiger partial charge on any atom is 0.341 e. The van der Waals surface area contributed by atoms with Gasteiger partial charge >= 0.3 is 5.97 Å². The van der Waals surface area contributed by atoms with Gasteiger partial charge in [0.2, 0.25) is 0 Å². The Morgan fingerprint density at radius 2 is 1.85 bits per heavy atom. The summed E-state index contributed by atoms with van der Waals surface area (Å²) in [7, 11) is 1.81. The molecule has 27 heavy (non-hydrogen) atoms. The molecule has 0 radical (unpaired) electrons. The van der Waals surface area contributed by atoms with Crippen LogP contribution in [0, 0.1) is 27.7 Å². The number of thiophene rings is 1. The number of hydrogen-bond donors (Lipinski definition) is 1. The number of nitrogens with one attached hydrogen (secondary N) is 1. The van der Waals surface area contributed by atoms with Crippen molar-refractivity contribution in [3.05, 3.63) is 51.9 Å². The third-order valence-corrected chi connectivity index (χ3v) is 5.74. The lowest BCUT2D eigenvalue weighted by atomic mass is 10.1. The van der Waals surface area contributed by atoms with Gasteiger partial charge in [-0.3, -0.25) is 9.48 Å². The van der Waals surface area contributed by atoms with Gasteiger partial charge in [0.1, 0.15) is 5.00 Å². The summed E-state index contributed by atoms with van der Waals surface area (Å²) in [4.78, 5) is 25.9. The van der Waals surface area contributed by atoms with Crippen molar-refractivity contribution in [2.45, 2.75) is 27.7 Å². The van der Waals surface area contributed by atoms with Crippen LogP contribution in [0.25, 0.3) is 5.00 Å². The third-order valence-electron chi connectivity index (χ3n) is 4.52. The zero-order chi connectivity index (χ0) is 19.7. The van der Waals surface area contributed by atoms with Gasteiger partial charge in [0.15, 0.2) is 6.61 Å². The first-order valence-electron chi connectivity index (χ1n) is 8.50. The van der Waals surface area contributed by atoms with E-state index in [1.807, 2.05) is 63.8 Å². The largest absolute Gasteiger partial charge is 0.452 e. The van der Waals surface area contributed by atoms with E-state index in [0.29, 0.717) is 16.9 Å². The van der Waals surface area contributed by atoms with Crippen molar-refractivity contribution in [1.82, 2.24) is 14.3 Å². The smallest absolute Gasteiger partial charge is 0.341 e. The van der Waals surface area contributed by atoms with Crippen molar-refractivity contribution >= 4 is 28.9 Å². The van der Waals surface area contributed by atoms with Gasteiger partial charge in [-0.2, -0.15) is 5.10 Å². The van der Waals surface area contributed by atoms with E-state index in [2.05, 4.69) is 10.4 Å². The molecule has 0 unspecified atom stereocenters. The summed E-state index contributed by atoms with van der Waals surface area (Å²) in [6, 6.07) is 3.79. The zero-order valence-corrected chi connectivity index (χ0v) is 16.8. The summed E-state index contributed by atoms with van der Waals surface area (Å²) in [5, 5.41) is 7.81. The average molecular weight is 386 g/mol. The lowest BCUT2D eigenvalue weighted by molar-refractivity contribution is -0.119. The quantitative estimate of drug-likeness (QED) is 0.683. The van der Waals surface area contributed by atoms with E-state index in [0.717, 1.165) is 21.1 Å². The molecular formula is C19H22N4O3S. The van der Waals surface area contributed by atoms with Crippen LogP contribution >= 0.6 is 11.3 Å². The van der Waals surface area contributed by atoms with E-state index < -0.39 is 11.9 Å². The number of ether oxygens (including phenoxy) is 1. The molecule has 142 valence electrons. The van der Waals surface area contributed by atoms with Crippen LogP contribution in [0.4, 0.5) is 5.69 Å². The predicted molar refractivity (Wildman–Crippen MR) is 105 cm³/mol. The number of aryl methyl sites for hydroxylation is 3. The second kappa shape index (κ2) is 7.40. The topological polar surface area (TPSA) is 78.2 Å². The van der Waals surface area contributed by atoms with E-state index >= 15 is 0 Å². The number of rotatable bonds is 5. The van der Waals surface area contributed by atoms with Crippen molar-refractivity contribution in [2.75, 3.05) is 11.9 Å². The molecule has 0 aliphatic rings. The minimum atomic E-state index is -0.504. The monoisotopic (exact) mass is 386 g/mol. The first kappa shape index (κ1) is 18.9. The lowest BCUT2D eigenvalue weighted by Gasteiger charge is -2.09. The summed E-state index contributed by atoms with van der Waals surface area (Å²) in [6.07, 6.45) is 3.75. The van der Waals surface area contributed by atoms with Crippen molar-refractivity contribution < 1.29 is 14.3 Å². The summed E-state index contributed by atoms with van der Waals surface area (Å²) < 4.78 is 8.87. The highest BCUT2D eigenvalue weighted by Gasteiger charge is 2.23. The van der Waals surface area contributed by atoms with Crippen LogP contribution in [0.1, 0.15) is 32.2 Å². The highest BCUT2D eigenvalue weighted by molar-refractivity contribution is 7.15. The van der Waals surface area contributed by atoms with Crippen LogP contribution < -0.4 is 5.32 Å². The van der Waals surface area contributed by atoms with Gasteiger partial charge in [0, 0.05) is 24.3 Å². The predicted octanol–water partition coefficient (Wildman–Crippen LogP) is 3.30. The van der Waals surface area contributed by atoms with Gasteiger partial charge in [-0.1, -0.05) is 0 Å². The van der Waals surface area contributed by atoms with E-state index in [1.165, 1.54) is 11.3 Å². The minimum absolute atomic E-state index is 0.355. The Morgan fingerprint density at radius 1 is 1.19 bits per heavy atom. The maximum absolute atomic E-state index is 12.7. The van der Waals surface area contributed by atoms with Gasteiger partial charge in [-0.05, 0) is 45.4 Å². The number of esters is 1. The van der Waals surface area contributed by atoms with E-state index in [4.69, 9.17) is 4.74 Å². The fourth-order valence-corrected chi connectivity index (χ4v) is 3.95. The molecule has 1 amide bonds. The second-order valence-electron chi connectivity index (χ2n) is 6.35. The fourth-order valence-electron chi connectivity index (χ4n) is 2.83. The molecule has 0 atom stereocenters. The number of anilines is 1. The number of amides is 1. The van der Waals surface area contributed by atoms with Crippen molar-refractivity contribution in [3.8, 4) is 5.00 Å². The molecule has 0 aromatic carbocycles. The Hall–Kier alpha value is -2.87. The zero-order valence-electron chi connectivity index (χ0n) is 16.0. The SMILES string of the molecule is Cc1nn(C)c(C)c1NC(=O)COC(=O)c1c(-n2cccc2)sc(C)c1C. The Balaban J connectivity index is 1.72. The minimum Gasteiger partial charge on any atom is -0.452 e. The van der Waals surface area contributed by atoms with Crippen LogP contribution in [0.5, 0.6) is 0 Å². The summed E-state index contributed by atoms with van der Waals surface area (Å²) in [6.45, 7) is 7.17. The van der Waals surface area contributed by atoms with Crippen LogP contribution in [0.15, 0.2) is 24.5 Å². The Labute approximate surface area is 161 Å². The van der Waals surface area contributed by atoms with Crippen molar-refractivity contribution in [1.29, 1.82) is 0 Å². The molecule has 3 heterocycles. The molecule has 1 N–H and O–H groups in total. The molecule has 0 saturated heterocycles. The average Bonchev–Trinajstić information content (AvgIpc) is 3.30. The van der Waals surface area contributed by atoms with Gasteiger partial charge in [0.05, 0.1) is 22.6 Å². The molecule has 0 fully saturated rings. The van der Waals surface area contributed by atoms with E-state index in [9.17, 15) is 9.59 Å². The third kappa shape index (κ3) is 3.66. The normalized spacial score (nSPS) is 10.9.